The van der Waals surface area contributed by atoms with E-state index in [1.165, 1.54) is 0 Å². The summed E-state index contributed by atoms with van der Waals surface area (Å²) in [6.07, 6.45) is 2.16. The largest absolute Gasteiger partial charge is 0.421 e. The molecule has 3 rings (SSSR count). The zero-order valence-electron chi connectivity index (χ0n) is 13.3. The molecule has 0 bridgehead atoms. The molecule has 0 spiro atoms. The Morgan fingerprint density at radius 3 is 2.59 bits per heavy atom. The minimum absolute atomic E-state index is 0.132. The van der Waals surface area contributed by atoms with E-state index in [0.717, 1.165) is 48.1 Å². The van der Waals surface area contributed by atoms with E-state index >= 15 is 0 Å². The molecule has 2 aromatic rings. The van der Waals surface area contributed by atoms with Crippen LogP contribution in [0.5, 0.6) is 0 Å². The highest BCUT2D eigenvalue weighted by atomic mass is 16.4. The highest BCUT2D eigenvalue weighted by molar-refractivity contribution is 5.95. The van der Waals surface area contributed by atoms with Gasteiger partial charge in [-0.25, -0.2) is 4.79 Å². The predicted octanol–water partition coefficient (Wildman–Crippen LogP) is 3.52. The smallest absolute Gasteiger partial charge is 0.356 e. The van der Waals surface area contributed by atoms with Gasteiger partial charge in [0.25, 0.3) is 0 Å². The number of hydrogen-bond donors (Lipinski definition) is 0. The third-order valence-electron chi connectivity index (χ3n) is 4.52. The molecular formula is C18H20N2O2. The molecule has 0 amide bonds. The van der Waals surface area contributed by atoms with Crippen LogP contribution in [0.2, 0.25) is 0 Å². The van der Waals surface area contributed by atoms with Gasteiger partial charge in [-0.1, -0.05) is 13.0 Å². The maximum absolute atomic E-state index is 12.2. The number of hydrogen-bond acceptors (Lipinski definition) is 4. The highest BCUT2D eigenvalue weighted by Gasteiger charge is 2.24. The molecular weight excluding hydrogens is 276 g/mol. The summed E-state index contributed by atoms with van der Waals surface area (Å²) in [6.45, 7) is 7.95. The number of nitriles is 1. The first kappa shape index (κ1) is 14.6. The summed E-state index contributed by atoms with van der Waals surface area (Å²) < 4.78 is 5.42. The second kappa shape index (κ2) is 5.49. The Morgan fingerprint density at radius 1 is 1.27 bits per heavy atom. The summed E-state index contributed by atoms with van der Waals surface area (Å²) in [6, 6.07) is 6.07. The van der Waals surface area contributed by atoms with E-state index in [0.29, 0.717) is 11.5 Å². The molecule has 114 valence electrons. The van der Waals surface area contributed by atoms with E-state index in [1.54, 1.807) is 0 Å². The number of aryl methyl sites for hydroxylation is 2. The Bertz CT molecular complexity index is 822. The van der Waals surface area contributed by atoms with Gasteiger partial charge in [-0.3, -0.25) is 0 Å². The average Bonchev–Trinajstić information content (AvgIpc) is 2.48. The van der Waals surface area contributed by atoms with Crippen molar-refractivity contribution in [1.82, 2.24) is 0 Å². The number of fused-ring (bicyclic) bond motifs is 1. The molecule has 2 heterocycles. The van der Waals surface area contributed by atoms with Gasteiger partial charge in [0.15, 0.2) is 5.56 Å². The van der Waals surface area contributed by atoms with Gasteiger partial charge in [0.2, 0.25) is 0 Å². The predicted molar refractivity (Wildman–Crippen MR) is 87.3 cm³/mol. The molecule has 0 aliphatic carbocycles. The van der Waals surface area contributed by atoms with E-state index in [9.17, 15) is 10.1 Å². The quantitative estimate of drug-likeness (QED) is 0.756. The molecule has 22 heavy (non-hydrogen) atoms. The second-order valence-corrected chi connectivity index (χ2v) is 6.35. The molecule has 0 N–H and O–H groups in total. The van der Waals surface area contributed by atoms with Crippen molar-refractivity contribution in [2.45, 2.75) is 33.6 Å². The van der Waals surface area contributed by atoms with Crippen molar-refractivity contribution in [1.29, 1.82) is 5.26 Å². The lowest BCUT2D eigenvalue weighted by molar-refractivity contribution is 0.438. The lowest BCUT2D eigenvalue weighted by Crippen LogP contribution is -2.34. The van der Waals surface area contributed by atoms with Crippen LogP contribution in [0, 0.1) is 31.1 Å². The molecule has 1 aromatic heterocycles. The molecule has 1 aliphatic heterocycles. The van der Waals surface area contributed by atoms with Crippen LogP contribution in [0.3, 0.4) is 0 Å². The summed E-state index contributed by atoms with van der Waals surface area (Å²) >= 11 is 0. The van der Waals surface area contributed by atoms with Crippen molar-refractivity contribution >= 4 is 16.7 Å². The minimum Gasteiger partial charge on any atom is -0.421 e. The van der Waals surface area contributed by atoms with Gasteiger partial charge < -0.3 is 9.32 Å². The number of benzene rings is 1. The molecule has 1 saturated heterocycles. The first-order valence-electron chi connectivity index (χ1n) is 7.74. The Hall–Kier alpha value is -2.28. The molecule has 4 heteroatoms. The number of nitrogens with zero attached hydrogens (tertiary/aromatic N) is 2. The lowest BCUT2D eigenvalue weighted by atomic mass is 9.97. The lowest BCUT2D eigenvalue weighted by Gasteiger charge is -2.33. The van der Waals surface area contributed by atoms with E-state index in [4.69, 9.17) is 4.42 Å². The fourth-order valence-electron chi connectivity index (χ4n) is 3.30. The first-order chi connectivity index (χ1) is 10.5. The molecule has 1 aromatic carbocycles. The Kier molecular flexibility index (Phi) is 3.66. The van der Waals surface area contributed by atoms with Crippen LogP contribution in [-0.2, 0) is 0 Å². The van der Waals surface area contributed by atoms with E-state index in [2.05, 4.69) is 17.9 Å². The zero-order chi connectivity index (χ0) is 15.9. The minimum atomic E-state index is -0.532. The molecule has 0 unspecified atom stereocenters. The van der Waals surface area contributed by atoms with Crippen LogP contribution < -0.4 is 10.5 Å². The Labute approximate surface area is 130 Å². The maximum atomic E-state index is 12.2. The molecule has 0 saturated carbocycles. The fraction of sp³-hybridized carbons (Fsp3) is 0.444. The number of piperidine rings is 1. The van der Waals surface area contributed by atoms with E-state index in [-0.39, 0.29) is 5.56 Å². The SMILES string of the molecule is Cc1cc(C)c2oc(=O)c(C#N)c(N3CCC(C)CC3)c2c1. The average molecular weight is 296 g/mol. The Balaban J connectivity index is 2.30. The van der Waals surface area contributed by atoms with Crippen molar-refractivity contribution in [3.63, 3.8) is 0 Å². The van der Waals surface area contributed by atoms with E-state index in [1.807, 2.05) is 26.0 Å². The van der Waals surface area contributed by atoms with Crippen LogP contribution in [-0.4, -0.2) is 13.1 Å². The van der Waals surface area contributed by atoms with Gasteiger partial charge >= 0.3 is 5.63 Å². The molecule has 4 nitrogen and oxygen atoms in total. The van der Waals surface area contributed by atoms with Gasteiger partial charge in [-0.15, -0.1) is 0 Å². The summed E-state index contributed by atoms with van der Waals surface area (Å²) in [4.78, 5) is 14.4. The van der Waals surface area contributed by atoms with Crippen LogP contribution in [0.4, 0.5) is 5.69 Å². The van der Waals surface area contributed by atoms with Crippen molar-refractivity contribution in [2.75, 3.05) is 18.0 Å². The van der Waals surface area contributed by atoms with Gasteiger partial charge in [0, 0.05) is 18.5 Å². The standard InChI is InChI=1S/C18H20N2O2/c1-11-4-6-20(7-5-11)16-14-9-12(2)8-13(3)17(14)22-18(21)15(16)10-19/h8-9,11H,4-7H2,1-3H3. The normalized spacial score (nSPS) is 16.0. The van der Waals surface area contributed by atoms with Crippen molar-refractivity contribution in [3.05, 3.63) is 39.2 Å². The van der Waals surface area contributed by atoms with Crippen LogP contribution in [0.15, 0.2) is 21.3 Å². The van der Waals surface area contributed by atoms with Crippen molar-refractivity contribution in [2.24, 2.45) is 5.92 Å². The van der Waals surface area contributed by atoms with Crippen molar-refractivity contribution < 1.29 is 4.42 Å². The van der Waals surface area contributed by atoms with Crippen LogP contribution in [0.25, 0.3) is 11.0 Å². The summed E-state index contributed by atoms with van der Waals surface area (Å²) in [7, 11) is 0. The summed E-state index contributed by atoms with van der Waals surface area (Å²) in [5, 5.41) is 10.3. The summed E-state index contributed by atoms with van der Waals surface area (Å²) in [5.74, 6) is 0.691. The van der Waals surface area contributed by atoms with Gasteiger partial charge in [-0.2, -0.15) is 5.26 Å². The molecule has 0 atom stereocenters. The maximum Gasteiger partial charge on any atom is 0.356 e. The third-order valence-corrected chi connectivity index (χ3v) is 4.52. The van der Waals surface area contributed by atoms with Crippen LogP contribution in [0.1, 0.15) is 36.5 Å². The second-order valence-electron chi connectivity index (χ2n) is 6.35. The first-order valence-corrected chi connectivity index (χ1v) is 7.74. The van der Waals surface area contributed by atoms with E-state index < -0.39 is 5.63 Å². The molecule has 1 aliphatic rings. The van der Waals surface area contributed by atoms with Gasteiger partial charge in [0.05, 0.1) is 5.69 Å². The fourth-order valence-corrected chi connectivity index (χ4v) is 3.30. The Morgan fingerprint density at radius 2 is 1.95 bits per heavy atom. The van der Waals surface area contributed by atoms with Gasteiger partial charge in [-0.05, 0) is 49.8 Å². The molecule has 0 radical (unpaired) electrons. The summed E-state index contributed by atoms with van der Waals surface area (Å²) in [5.41, 5.74) is 3.00. The third kappa shape index (κ3) is 2.37. The topological polar surface area (TPSA) is 57.2 Å². The highest BCUT2D eigenvalue weighted by Crippen LogP contribution is 2.33. The zero-order valence-corrected chi connectivity index (χ0v) is 13.3. The van der Waals surface area contributed by atoms with Gasteiger partial charge in [0.1, 0.15) is 11.7 Å². The monoisotopic (exact) mass is 296 g/mol. The number of rotatable bonds is 1. The van der Waals surface area contributed by atoms with Crippen LogP contribution >= 0.6 is 0 Å². The molecule has 1 fully saturated rings. The van der Waals surface area contributed by atoms with Crippen molar-refractivity contribution in [3.8, 4) is 6.07 Å². The number of anilines is 1.